The van der Waals surface area contributed by atoms with Crippen LogP contribution < -0.4 is 5.32 Å². The lowest BCUT2D eigenvalue weighted by Crippen LogP contribution is -2.23. The van der Waals surface area contributed by atoms with Crippen molar-refractivity contribution in [1.29, 1.82) is 0 Å². The van der Waals surface area contributed by atoms with E-state index in [9.17, 15) is 19.4 Å². The molecule has 20 heavy (non-hydrogen) atoms. The van der Waals surface area contributed by atoms with Gasteiger partial charge in [-0.05, 0) is 6.07 Å². The second-order valence-corrected chi connectivity index (χ2v) is 4.13. The fraction of sp³-hybridized carbons (Fsp3) is 0.0714. The van der Waals surface area contributed by atoms with Crippen LogP contribution >= 0.6 is 0 Å². The standard InChI is InChI=1S/C14H12FNO4/c15-10-4-2-1-3-8(10)7-16-14(20)13-11(18)5-9(17)6-12(13)19/h1-6,17-19H,7H2,(H,16,20). The van der Waals surface area contributed by atoms with Gasteiger partial charge < -0.3 is 20.6 Å². The Morgan fingerprint density at radius 3 is 2.30 bits per heavy atom. The van der Waals surface area contributed by atoms with E-state index in [-0.39, 0.29) is 23.4 Å². The van der Waals surface area contributed by atoms with E-state index in [1.165, 1.54) is 18.2 Å². The fourth-order valence-electron chi connectivity index (χ4n) is 1.74. The van der Waals surface area contributed by atoms with Gasteiger partial charge in [-0.1, -0.05) is 18.2 Å². The molecule has 2 aromatic carbocycles. The molecule has 0 radical (unpaired) electrons. The number of carbonyl (C=O) groups excluding carboxylic acids is 1. The van der Waals surface area contributed by atoms with Crippen LogP contribution in [0.15, 0.2) is 36.4 Å². The van der Waals surface area contributed by atoms with E-state index in [1.54, 1.807) is 6.07 Å². The molecule has 0 unspecified atom stereocenters. The summed E-state index contributed by atoms with van der Waals surface area (Å²) in [5.41, 5.74) is -0.0993. The topological polar surface area (TPSA) is 89.8 Å². The van der Waals surface area contributed by atoms with E-state index in [4.69, 9.17) is 5.11 Å². The van der Waals surface area contributed by atoms with Crippen molar-refractivity contribution in [3.05, 3.63) is 53.3 Å². The van der Waals surface area contributed by atoms with Gasteiger partial charge in [0.1, 0.15) is 28.6 Å². The van der Waals surface area contributed by atoms with Crippen molar-refractivity contribution in [2.24, 2.45) is 0 Å². The Kier molecular flexibility index (Phi) is 3.74. The number of phenols is 3. The minimum absolute atomic E-state index is 0.0920. The molecule has 4 N–H and O–H groups in total. The van der Waals surface area contributed by atoms with Crippen molar-refractivity contribution >= 4 is 5.91 Å². The number of rotatable bonds is 3. The molecule has 0 aliphatic carbocycles. The van der Waals surface area contributed by atoms with Crippen LogP contribution in [0.2, 0.25) is 0 Å². The van der Waals surface area contributed by atoms with Crippen LogP contribution in [0.1, 0.15) is 15.9 Å². The molecule has 0 heterocycles. The first-order chi connectivity index (χ1) is 9.49. The maximum atomic E-state index is 13.4. The third-order valence-corrected chi connectivity index (χ3v) is 2.71. The molecule has 0 spiro atoms. The molecular formula is C14H12FNO4. The second kappa shape index (κ2) is 5.48. The third-order valence-electron chi connectivity index (χ3n) is 2.71. The Morgan fingerprint density at radius 1 is 1.10 bits per heavy atom. The van der Waals surface area contributed by atoms with E-state index >= 15 is 0 Å². The van der Waals surface area contributed by atoms with Crippen molar-refractivity contribution in [3.8, 4) is 17.2 Å². The predicted molar refractivity (Wildman–Crippen MR) is 69.0 cm³/mol. The molecular weight excluding hydrogens is 265 g/mol. The lowest BCUT2D eigenvalue weighted by Gasteiger charge is -2.09. The largest absolute Gasteiger partial charge is 0.508 e. The molecule has 2 aromatic rings. The Labute approximate surface area is 113 Å². The van der Waals surface area contributed by atoms with Gasteiger partial charge in [0.05, 0.1) is 0 Å². The van der Waals surface area contributed by atoms with Crippen LogP contribution in [-0.4, -0.2) is 21.2 Å². The zero-order valence-corrected chi connectivity index (χ0v) is 10.3. The van der Waals surface area contributed by atoms with Gasteiger partial charge in [0.15, 0.2) is 0 Å². The van der Waals surface area contributed by atoms with Crippen molar-refractivity contribution in [3.63, 3.8) is 0 Å². The zero-order valence-electron chi connectivity index (χ0n) is 10.3. The number of amides is 1. The molecule has 0 saturated heterocycles. The average Bonchev–Trinajstić information content (AvgIpc) is 2.36. The lowest BCUT2D eigenvalue weighted by atomic mass is 10.1. The van der Waals surface area contributed by atoms with Gasteiger partial charge in [-0.15, -0.1) is 0 Å². The molecule has 1 amide bonds. The zero-order chi connectivity index (χ0) is 14.7. The summed E-state index contributed by atoms with van der Waals surface area (Å²) in [4.78, 5) is 11.8. The highest BCUT2D eigenvalue weighted by Crippen LogP contribution is 2.31. The van der Waals surface area contributed by atoms with Crippen LogP contribution in [0.3, 0.4) is 0 Å². The molecule has 0 aromatic heterocycles. The molecule has 0 fully saturated rings. The highest BCUT2D eigenvalue weighted by atomic mass is 19.1. The third kappa shape index (κ3) is 2.80. The van der Waals surface area contributed by atoms with E-state index in [0.717, 1.165) is 12.1 Å². The lowest BCUT2D eigenvalue weighted by molar-refractivity contribution is 0.0945. The molecule has 0 atom stereocenters. The van der Waals surface area contributed by atoms with E-state index in [1.807, 2.05) is 0 Å². The number of hydrogen-bond donors (Lipinski definition) is 4. The Balaban J connectivity index is 2.16. The van der Waals surface area contributed by atoms with Crippen LogP contribution in [0.4, 0.5) is 4.39 Å². The van der Waals surface area contributed by atoms with E-state index in [0.29, 0.717) is 0 Å². The highest BCUT2D eigenvalue weighted by Gasteiger charge is 2.17. The van der Waals surface area contributed by atoms with E-state index < -0.39 is 23.2 Å². The molecule has 2 rings (SSSR count). The average molecular weight is 277 g/mol. The molecule has 0 bridgehead atoms. The van der Waals surface area contributed by atoms with Gasteiger partial charge in [0.2, 0.25) is 0 Å². The van der Waals surface area contributed by atoms with Crippen molar-refractivity contribution < 1.29 is 24.5 Å². The minimum atomic E-state index is -0.775. The fourth-order valence-corrected chi connectivity index (χ4v) is 1.74. The maximum Gasteiger partial charge on any atom is 0.259 e. The van der Waals surface area contributed by atoms with Crippen LogP contribution in [0.25, 0.3) is 0 Å². The number of phenolic OH excluding ortho intramolecular Hbond substituents is 3. The number of carbonyl (C=O) groups is 1. The summed E-state index contributed by atoms with van der Waals surface area (Å²) < 4.78 is 13.4. The first kappa shape index (κ1) is 13.7. The second-order valence-electron chi connectivity index (χ2n) is 4.13. The van der Waals surface area contributed by atoms with Gasteiger partial charge >= 0.3 is 0 Å². The summed E-state index contributed by atoms with van der Waals surface area (Å²) in [6.07, 6.45) is 0. The molecule has 0 aliphatic rings. The summed E-state index contributed by atoms with van der Waals surface area (Å²) in [7, 11) is 0. The van der Waals surface area contributed by atoms with Crippen LogP contribution in [0.5, 0.6) is 17.2 Å². The van der Waals surface area contributed by atoms with Gasteiger partial charge in [-0.3, -0.25) is 4.79 Å². The maximum absolute atomic E-state index is 13.4. The highest BCUT2D eigenvalue weighted by molar-refractivity contribution is 5.99. The van der Waals surface area contributed by atoms with Crippen LogP contribution in [0, 0.1) is 5.82 Å². The van der Waals surface area contributed by atoms with Crippen molar-refractivity contribution in [1.82, 2.24) is 5.32 Å². The van der Waals surface area contributed by atoms with E-state index in [2.05, 4.69) is 5.32 Å². The van der Waals surface area contributed by atoms with Gasteiger partial charge in [-0.2, -0.15) is 0 Å². The van der Waals surface area contributed by atoms with Gasteiger partial charge in [0, 0.05) is 24.2 Å². The minimum Gasteiger partial charge on any atom is -0.508 e. The Bertz CT molecular complexity index is 634. The Morgan fingerprint density at radius 2 is 1.70 bits per heavy atom. The van der Waals surface area contributed by atoms with Crippen molar-refractivity contribution in [2.45, 2.75) is 6.54 Å². The van der Waals surface area contributed by atoms with Gasteiger partial charge in [0.25, 0.3) is 5.91 Å². The smallest absolute Gasteiger partial charge is 0.259 e. The SMILES string of the molecule is O=C(NCc1ccccc1F)c1c(O)cc(O)cc1O. The molecule has 6 heteroatoms. The summed E-state index contributed by atoms with van der Waals surface area (Å²) in [6.45, 7) is -0.0920. The summed E-state index contributed by atoms with van der Waals surface area (Å²) in [5, 5.41) is 30.6. The summed E-state index contributed by atoms with van der Waals surface area (Å²) in [5.74, 6) is -2.73. The first-order valence-electron chi connectivity index (χ1n) is 5.75. The van der Waals surface area contributed by atoms with Crippen molar-refractivity contribution in [2.75, 3.05) is 0 Å². The Hall–Kier alpha value is -2.76. The quantitative estimate of drug-likeness (QED) is 0.689. The molecule has 5 nitrogen and oxygen atoms in total. The number of aromatic hydroxyl groups is 3. The molecule has 0 saturated carbocycles. The number of halogens is 1. The number of benzene rings is 2. The number of hydrogen-bond acceptors (Lipinski definition) is 4. The molecule has 104 valence electrons. The van der Waals surface area contributed by atoms with Gasteiger partial charge in [-0.25, -0.2) is 4.39 Å². The summed E-state index contributed by atoms with van der Waals surface area (Å²) >= 11 is 0. The monoisotopic (exact) mass is 277 g/mol. The van der Waals surface area contributed by atoms with Crippen LogP contribution in [-0.2, 0) is 6.54 Å². The molecule has 0 aliphatic heterocycles. The number of nitrogens with one attached hydrogen (secondary N) is 1. The predicted octanol–water partition coefficient (Wildman–Crippen LogP) is 1.87. The normalized spacial score (nSPS) is 10.2. The first-order valence-corrected chi connectivity index (χ1v) is 5.75. The summed E-state index contributed by atoms with van der Waals surface area (Å²) in [6, 6.07) is 7.77.